The average molecular weight is 468 g/mol. The normalized spacial score (nSPS) is 19.8. The van der Waals surface area contributed by atoms with Crippen molar-refractivity contribution in [1.82, 2.24) is 15.1 Å². The molecule has 1 aromatic carbocycles. The quantitative estimate of drug-likeness (QED) is 0.562. The Morgan fingerprint density at radius 3 is 2.65 bits per heavy atom. The van der Waals surface area contributed by atoms with Crippen LogP contribution in [0.2, 0.25) is 0 Å². The SMILES string of the molecule is COc1cc2c(cc1OC)CN(C(=O)CSc1nnc(C[C@H]3CCS(=O)(=O)C3)o1)CC2. The number of ether oxygens (including phenoxy) is 2. The minimum absolute atomic E-state index is 0.00734. The van der Waals surface area contributed by atoms with Crippen LogP contribution < -0.4 is 9.47 Å². The maximum absolute atomic E-state index is 12.7. The topological polar surface area (TPSA) is 112 Å². The van der Waals surface area contributed by atoms with Gasteiger partial charge in [-0.15, -0.1) is 10.2 Å². The number of rotatable bonds is 7. The lowest BCUT2D eigenvalue weighted by molar-refractivity contribution is -0.129. The van der Waals surface area contributed by atoms with Gasteiger partial charge in [-0.2, -0.15) is 0 Å². The highest BCUT2D eigenvalue weighted by Crippen LogP contribution is 2.33. The number of aromatic nitrogens is 2. The highest BCUT2D eigenvalue weighted by Gasteiger charge is 2.29. The number of thioether (sulfide) groups is 1. The number of carbonyl (C=O) groups is 1. The van der Waals surface area contributed by atoms with Crippen molar-refractivity contribution in [2.24, 2.45) is 5.92 Å². The maximum Gasteiger partial charge on any atom is 0.277 e. The van der Waals surface area contributed by atoms with E-state index in [2.05, 4.69) is 10.2 Å². The Morgan fingerprint density at radius 2 is 1.97 bits per heavy atom. The van der Waals surface area contributed by atoms with Crippen molar-refractivity contribution in [2.45, 2.75) is 31.0 Å². The lowest BCUT2D eigenvalue weighted by Crippen LogP contribution is -2.37. The molecule has 0 radical (unpaired) electrons. The molecule has 0 bridgehead atoms. The molecule has 1 saturated heterocycles. The standard InChI is InChI=1S/C20H25N3O6S2/c1-27-16-8-14-3-5-23(10-15(14)9-17(16)28-2)19(24)11-30-20-22-21-18(29-20)7-13-4-6-31(25,26)12-13/h8-9,13H,3-7,10-12H2,1-2H3/t13-/m1/s1. The summed E-state index contributed by atoms with van der Waals surface area (Å²) < 4.78 is 39.5. The van der Waals surface area contributed by atoms with E-state index in [0.29, 0.717) is 48.5 Å². The van der Waals surface area contributed by atoms with E-state index in [4.69, 9.17) is 13.9 Å². The summed E-state index contributed by atoms with van der Waals surface area (Å²) in [6, 6.07) is 3.90. The van der Waals surface area contributed by atoms with E-state index < -0.39 is 9.84 Å². The third-order valence-electron chi connectivity index (χ3n) is 5.63. The van der Waals surface area contributed by atoms with Gasteiger partial charge in [0.2, 0.25) is 11.8 Å². The third kappa shape index (κ3) is 5.15. The highest BCUT2D eigenvalue weighted by molar-refractivity contribution is 7.99. The van der Waals surface area contributed by atoms with Crippen molar-refractivity contribution in [3.8, 4) is 11.5 Å². The van der Waals surface area contributed by atoms with Crippen LogP contribution in [0, 0.1) is 5.92 Å². The molecule has 0 unspecified atom stereocenters. The van der Waals surface area contributed by atoms with E-state index in [1.54, 1.807) is 14.2 Å². The predicted molar refractivity (Wildman–Crippen MR) is 114 cm³/mol. The number of hydrogen-bond acceptors (Lipinski definition) is 9. The third-order valence-corrected chi connectivity index (χ3v) is 8.27. The molecule has 31 heavy (non-hydrogen) atoms. The van der Waals surface area contributed by atoms with Gasteiger partial charge < -0.3 is 18.8 Å². The summed E-state index contributed by atoms with van der Waals surface area (Å²) in [6.45, 7) is 1.15. The van der Waals surface area contributed by atoms with Crippen LogP contribution in [0.15, 0.2) is 21.8 Å². The smallest absolute Gasteiger partial charge is 0.277 e. The van der Waals surface area contributed by atoms with Crippen LogP contribution in [0.3, 0.4) is 0 Å². The van der Waals surface area contributed by atoms with Crippen LogP contribution in [0.25, 0.3) is 0 Å². The van der Waals surface area contributed by atoms with Crippen molar-refractivity contribution < 1.29 is 27.1 Å². The van der Waals surface area contributed by atoms with Crippen LogP contribution in [0.5, 0.6) is 11.5 Å². The van der Waals surface area contributed by atoms with E-state index >= 15 is 0 Å². The van der Waals surface area contributed by atoms with Crippen LogP contribution in [-0.2, 0) is 34.0 Å². The fourth-order valence-electron chi connectivity index (χ4n) is 3.97. The number of methoxy groups -OCH3 is 2. The molecular formula is C20H25N3O6S2. The van der Waals surface area contributed by atoms with Gasteiger partial charge in [-0.25, -0.2) is 8.42 Å². The molecule has 0 aliphatic carbocycles. The molecule has 9 nitrogen and oxygen atoms in total. The fourth-order valence-corrected chi connectivity index (χ4v) is 6.51. The molecule has 4 rings (SSSR count). The summed E-state index contributed by atoms with van der Waals surface area (Å²) in [5, 5.41) is 8.31. The molecular weight excluding hydrogens is 442 g/mol. The second-order valence-corrected chi connectivity index (χ2v) is 10.9. The molecule has 168 valence electrons. The van der Waals surface area contributed by atoms with E-state index in [1.165, 1.54) is 11.8 Å². The maximum atomic E-state index is 12.7. The molecule has 1 amide bonds. The molecule has 0 N–H and O–H groups in total. The minimum Gasteiger partial charge on any atom is -0.493 e. The number of sulfone groups is 1. The minimum atomic E-state index is -2.93. The summed E-state index contributed by atoms with van der Waals surface area (Å²) in [5.41, 5.74) is 2.21. The molecule has 2 aliphatic rings. The number of nitrogens with zero attached hydrogens (tertiary/aromatic N) is 3. The van der Waals surface area contributed by atoms with Gasteiger partial charge in [0, 0.05) is 19.5 Å². The van der Waals surface area contributed by atoms with E-state index in [-0.39, 0.29) is 29.1 Å². The van der Waals surface area contributed by atoms with Crippen LogP contribution >= 0.6 is 11.8 Å². The number of carbonyl (C=O) groups excluding carboxylic acids is 1. The number of hydrogen-bond donors (Lipinski definition) is 0. The summed E-state index contributed by atoms with van der Waals surface area (Å²) in [6.07, 6.45) is 1.83. The Morgan fingerprint density at radius 1 is 1.23 bits per heavy atom. The number of amides is 1. The Kier molecular flexibility index (Phi) is 6.42. The molecule has 11 heteroatoms. The van der Waals surface area contributed by atoms with Gasteiger partial charge in [0.05, 0.1) is 31.5 Å². The lowest BCUT2D eigenvalue weighted by Gasteiger charge is -2.29. The average Bonchev–Trinajstić information content (AvgIpc) is 3.35. The first-order chi connectivity index (χ1) is 14.9. The van der Waals surface area contributed by atoms with Crippen LogP contribution in [-0.4, -0.2) is 67.4 Å². The molecule has 1 fully saturated rings. The van der Waals surface area contributed by atoms with Crippen molar-refractivity contribution in [3.63, 3.8) is 0 Å². The monoisotopic (exact) mass is 467 g/mol. The fraction of sp³-hybridized carbons (Fsp3) is 0.550. The Bertz CT molecular complexity index is 1070. The van der Waals surface area contributed by atoms with E-state index in [9.17, 15) is 13.2 Å². The second-order valence-electron chi connectivity index (χ2n) is 7.76. The van der Waals surface area contributed by atoms with E-state index in [0.717, 1.165) is 17.5 Å². The van der Waals surface area contributed by atoms with Crippen molar-refractivity contribution in [3.05, 3.63) is 29.2 Å². The first-order valence-electron chi connectivity index (χ1n) is 10.0. The summed E-state index contributed by atoms with van der Waals surface area (Å²) in [7, 11) is 0.272. The lowest BCUT2D eigenvalue weighted by atomic mass is 9.99. The zero-order chi connectivity index (χ0) is 22.0. The molecule has 1 atom stereocenters. The second kappa shape index (κ2) is 9.07. The Labute approximate surface area is 185 Å². The van der Waals surface area contributed by atoms with Crippen molar-refractivity contribution >= 4 is 27.5 Å². The van der Waals surface area contributed by atoms with Crippen molar-refractivity contribution in [1.29, 1.82) is 0 Å². The molecule has 2 aliphatic heterocycles. The summed E-state index contributed by atoms with van der Waals surface area (Å²) >= 11 is 1.20. The van der Waals surface area contributed by atoms with Crippen LogP contribution in [0.4, 0.5) is 0 Å². The first kappa shape index (κ1) is 21.9. The predicted octanol–water partition coefficient (Wildman–Crippen LogP) is 1.74. The van der Waals surface area contributed by atoms with Gasteiger partial charge >= 0.3 is 0 Å². The zero-order valence-corrected chi connectivity index (χ0v) is 19.1. The molecule has 0 spiro atoms. The van der Waals surface area contributed by atoms with Gasteiger partial charge in [-0.3, -0.25) is 4.79 Å². The Balaban J connectivity index is 1.31. The summed E-state index contributed by atoms with van der Waals surface area (Å²) in [5.74, 6) is 2.37. The zero-order valence-electron chi connectivity index (χ0n) is 17.5. The Hall–Kier alpha value is -2.27. The number of benzene rings is 1. The van der Waals surface area contributed by atoms with Gasteiger partial charge in [-0.1, -0.05) is 11.8 Å². The summed E-state index contributed by atoms with van der Waals surface area (Å²) in [4.78, 5) is 14.5. The van der Waals surface area contributed by atoms with E-state index in [1.807, 2.05) is 17.0 Å². The van der Waals surface area contributed by atoms with Gasteiger partial charge in [0.25, 0.3) is 5.22 Å². The first-order valence-corrected chi connectivity index (χ1v) is 12.8. The highest BCUT2D eigenvalue weighted by atomic mass is 32.2. The van der Waals surface area contributed by atoms with Gasteiger partial charge in [0.15, 0.2) is 21.3 Å². The molecule has 2 aromatic rings. The van der Waals surface area contributed by atoms with Gasteiger partial charge in [-0.05, 0) is 42.0 Å². The molecule has 0 saturated carbocycles. The molecule has 1 aromatic heterocycles. The van der Waals surface area contributed by atoms with Gasteiger partial charge in [0.1, 0.15) is 0 Å². The molecule has 3 heterocycles. The number of fused-ring (bicyclic) bond motifs is 1. The van der Waals surface area contributed by atoms with Crippen molar-refractivity contribution in [2.75, 3.05) is 38.0 Å². The van der Waals surface area contributed by atoms with Crippen LogP contribution in [0.1, 0.15) is 23.4 Å². The largest absolute Gasteiger partial charge is 0.493 e.